The molecular formula is C27H30FN3O4. The third-order valence-corrected chi connectivity index (χ3v) is 7.45. The monoisotopic (exact) mass is 479 g/mol. The molecule has 35 heavy (non-hydrogen) atoms. The summed E-state index contributed by atoms with van der Waals surface area (Å²) in [6.45, 7) is 2.14. The predicted octanol–water partition coefficient (Wildman–Crippen LogP) is 4.93. The van der Waals surface area contributed by atoms with Crippen LogP contribution in [0.3, 0.4) is 0 Å². The van der Waals surface area contributed by atoms with Crippen LogP contribution in [-0.2, 0) is 9.47 Å². The maximum absolute atomic E-state index is 13.6. The van der Waals surface area contributed by atoms with Crippen molar-refractivity contribution in [2.45, 2.75) is 50.8 Å². The lowest BCUT2D eigenvalue weighted by Gasteiger charge is -2.46. The Balaban J connectivity index is 1.31. The first-order valence-corrected chi connectivity index (χ1v) is 12.3. The fourth-order valence-corrected chi connectivity index (χ4v) is 5.92. The molecule has 2 saturated carbocycles. The van der Waals surface area contributed by atoms with Gasteiger partial charge in [0.2, 0.25) is 0 Å². The Morgan fingerprint density at radius 2 is 2.14 bits per heavy atom. The third-order valence-electron chi connectivity index (χ3n) is 7.45. The maximum Gasteiger partial charge on any atom is 0.407 e. The SMILES string of the molecule is CCOC(=O)N[C@@H]1CC[C@@H]2[C@@H](C1)C[C@H]1NC(=O)O[C@H]1[C@H]2/C=C/c1ccc(-c2cccc(F)c2)cn1. The average Bonchev–Trinajstić information content (AvgIpc) is 3.22. The summed E-state index contributed by atoms with van der Waals surface area (Å²) in [5.41, 5.74) is 2.42. The van der Waals surface area contributed by atoms with E-state index in [0.717, 1.165) is 42.5 Å². The van der Waals surface area contributed by atoms with Gasteiger partial charge in [0.15, 0.2) is 0 Å². The van der Waals surface area contributed by atoms with Crippen LogP contribution in [-0.4, -0.2) is 42.0 Å². The van der Waals surface area contributed by atoms with E-state index >= 15 is 0 Å². The minimum absolute atomic E-state index is 0.0388. The van der Waals surface area contributed by atoms with Gasteiger partial charge in [-0.1, -0.05) is 24.3 Å². The van der Waals surface area contributed by atoms with E-state index in [1.807, 2.05) is 24.3 Å². The second kappa shape index (κ2) is 10.1. The van der Waals surface area contributed by atoms with Crippen molar-refractivity contribution in [3.05, 3.63) is 60.2 Å². The van der Waals surface area contributed by atoms with Crippen LogP contribution in [0.1, 0.15) is 38.3 Å². The number of benzene rings is 1. The van der Waals surface area contributed by atoms with Crippen LogP contribution < -0.4 is 10.6 Å². The van der Waals surface area contributed by atoms with Crippen LogP contribution in [0.5, 0.6) is 0 Å². The molecule has 184 valence electrons. The first kappa shape index (κ1) is 23.3. The standard InChI is InChI=1S/C27H30FN3O4/c1-2-34-26(32)30-21-9-10-22-18(13-21)14-24-25(35-27(33)31-24)23(22)11-8-20-7-6-17(15-29-20)16-4-3-5-19(28)12-16/h3-8,11-12,15,18,21-25H,2,9-10,13-14H2,1H3,(H,30,32)(H,31,33)/b11-8+/t18-,21+,22+,23-,24+,25-/m0/s1. The molecule has 0 bridgehead atoms. The third kappa shape index (κ3) is 5.16. The highest BCUT2D eigenvalue weighted by atomic mass is 19.1. The molecule has 0 radical (unpaired) electrons. The van der Waals surface area contributed by atoms with Gasteiger partial charge in [0.1, 0.15) is 11.9 Å². The Labute approximate surface area is 204 Å². The van der Waals surface area contributed by atoms with Crippen LogP contribution in [0.15, 0.2) is 48.7 Å². The Hall–Kier alpha value is -3.42. The minimum Gasteiger partial charge on any atom is -0.450 e. The number of amides is 2. The molecule has 1 aliphatic heterocycles. The number of pyridine rings is 1. The topological polar surface area (TPSA) is 89.6 Å². The van der Waals surface area contributed by atoms with Crippen LogP contribution in [0, 0.1) is 23.6 Å². The largest absolute Gasteiger partial charge is 0.450 e. The predicted molar refractivity (Wildman–Crippen MR) is 129 cm³/mol. The first-order valence-electron chi connectivity index (χ1n) is 12.3. The van der Waals surface area contributed by atoms with E-state index in [2.05, 4.69) is 21.7 Å². The Kier molecular flexibility index (Phi) is 6.70. The molecule has 2 amide bonds. The molecule has 7 nitrogen and oxygen atoms in total. The highest BCUT2D eigenvalue weighted by Crippen LogP contribution is 2.47. The van der Waals surface area contributed by atoms with Crippen molar-refractivity contribution in [2.24, 2.45) is 17.8 Å². The van der Waals surface area contributed by atoms with Gasteiger partial charge in [-0.15, -0.1) is 0 Å². The van der Waals surface area contributed by atoms with Gasteiger partial charge in [-0.05, 0) is 74.3 Å². The summed E-state index contributed by atoms with van der Waals surface area (Å²) >= 11 is 0. The molecule has 1 saturated heterocycles. The van der Waals surface area contributed by atoms with Gasteiger partial charge in [-0.25, -0.2) is 14.0 Å². The summed E-state index contributed by atoms with van der Waals surface area (Å²) in [7, 11) is 0. The number of hydrogen-bond acceptors (Lipinski definition) is 5. The zero-order valence-electron chi connectivity index (χ0n) is 19.7. The first-order chi connectivity index (χ1) is 17.0. The smallest absolute Gasteiger partial charge is 0.407 e. The molecule has 0 spiro atoms. The molecule has 1 aromatic carbocycles. The van der Waals surface area contributed by atoms with E-state index in [1.54, 1.807) is 19.2 Å². The number of aromatic nitrogens is 1. The van der Waals surface area contributed by atoms with Gasteiger partial charge in [0.25, 0.3) is 0 Å². The Morgan fingerprint density at radius 3 is 2.91 bits per heavy atom. The lowest BCUT2D eigenvalue weighted by molar-refractivity contribution is 0.00604. The van der Waals surface area contributed by atoms with Crippen molar-refractivity contribution in [1.82, 2.24) is 15.6 Å². The van der Waals surface area contributed by atoms with E-state index in [9.17, 15) is 14.0 Å². The van der Waals surface area contributed by atoms with Gasteiger partial charge in [-0.3, -0.25) is 4.98 Å². The molecule has 2 aliphatic carbocycles. The quantitative estimate of drug-likeness (QED) is 0.635. The average molecular weight is 480 g/mol. The molecule has 2 aromatic rings. The molecule has 0 unspecified atom stereocenters. The van der Waals surface area contributed by atoms with Gasteiger partial charge in [0.05, 0.1) is 18.3 Å². The number of ether oxygens (including phenoxy) is 2. The second-order valence-electron chi connectivity index (χ2n) is 9.57. The molecule has 2 N–H and O–H groups in total. The lowest BCUT2D eigenvalue weighted by Crippen LogP contribution is -2.52. The van der Waals surface area contributed by atoms with E-state index in [0.29, 0.717) is 18.4 Å². The summed E-state index contributed by atoms with van der Waals surface area (Å²) in [4.78, 5) is 28.5. The second-order valence-corrected chi connectivity index (χ2v) is 9.57. The number of nitrogens with one attached hydrogen (secondary N) is 2. The number of hydrogen-bond donors (Lipinski definition) is 2. The zero-order chi connectivity index (χ0) is 24.4. The van der Waals surface area contributed by atoms with E-state index in [4.69, 9.17) is 9.47 Å². The molecule has 2 heterocycles. The van der Waals surface area contributed by atoms with Crippen molar-refractivity contribution in [2.75, 3.05) is 6.61 Å². The van der Waals surface area contributed by atoms with Gasteiger partial charge < -0.3 is 20.1 Å². The minimum atomic E-state index is -0.369. The molecule has 6 atom stereocenters. The number of alkyl carbamates (subject to hydrolysis) is 2. The van der Waals surface area contributed by atoms with Gasteiger partial charge in [-0.2, -0.15) is 0 Å². The number of halogens is 1. The van der Waals surface area contributed by atoms with Crippen molar-refractivity contribution in [1.29, 1.82) is 0 Å². The van der Waals surface area contributed by atoms with Crippen LogP contribution in [0.4, 0.5) is 14.0 Å². The van der Waals surface area contributed by atoms with Crippen molar-refractivity contribution in [3.8, 4) is 11.1 Å². The highest BCUT2D eigenvalue weighted by Gasteiger charge is 2.51. The molecule has 1 aromatic heterocycles. The fourth-order valence-electron chi connectivity index (χ4n) is 5.92. The lowest BCUT2D eigenvalue weighted by atomic mass is 9.62. The fraction of sp³-hybridized carbons (Fsp3) is 0.444. The molecule has 8 heteroatoms. The number of fused-ring (bicyclic) bond motifs is 2. The Bertz CT molecular complexity index is 1110. The van der Waals surface area contributed by atoms with E-state index in [1.165, 1.54) is 12.1 Å². The van der Waals surface area contributed by atoms with E-state index < -0.39 is 0 Å². The Morgan fingerprint density at radius 1 is 1.26 bits per heavy atom. The summed E-state index contributed by atoms with van der Waals surface area (Å²) in [6.07, 6.45) is 8.40. The maximum atomic E-state index is 13.6. The van der Waals surface area contributed by atoms with Crippen molar-refractivity contribution >= 4 is 18.3 Å². The van der Waals surface area contributed by atoms with Crippen LogP contribution in [0.2, 0.25) is 0 Å². The zero-order valence-corrected chi connectivity index (χ0v) is 19.7. The summed E-state index contributed by atoms with van der Waals surface area (Å²) in [6, 6.07) is 10.3. The van der Waals surface area contributed by atoms with Crippen LogP contribution in [0.25, 0.3) is 17.2 Å². The molecular weight excluding hydrogens is 449 g/mol. The van der Waals surface area contributed by atoms with Gasteiger partial charge >= 0.3 is 12.2 Å². The van der Waals surface area contributed by atoms with Crippen molar-refractivity contribution in [3.63, 3.8) is 0 Å². The van der Waals surface area contributed by atoms with E-state index in [-0.39, 0.29) is 42.1 Å². The summed E-state index contributed by atoms with van der Waals surface area (Å²) < 4.78 is 24.3. The number of nitrogens with zero attached hydrogens (tertiary/aromatic N) is 1. The summed E-state index contributed by atoms with van der Waals surface area (Å²) in [5, 5.41) is 5.95. The van der Waals surface area contributed by atoms with Crippen molar-refractivity contribution < 1.29 is 23.5 Å². The normalized spacial score (nSPS) is 29.6. The number of carbonyl (C=O) groups excluding carboxylic acids is 2. The number of rotatable bonds is 5. The van der Waals surface area contributed by atoms with Crippen LogP contribution >= 0.6 is 0 Å². The molecule has 3 fully saturated rings. The summed E-state index contributed by atoms with van der Waals surface area (Å²) in [5.74, 6) is 0.495. The highest BCUT2D eigenvalue weighted by molar-refractivity contribution is 5.70. The van der Waals surface area contributed by atoms with Gasteiger partial charge in [0, 0.05) is 23.7 Å². The number of carbonyl (C=O) groups is 2. The molecule has 5 rings (SSSR count). The molecule has 3 aliphatic rings.